The van der Waals surface area contributed by atoms with E-state index in [0.717, 1.165) is 25.9 Å². The van der Waals surface area contributed by atoms with Gasteiger partial charge in [-0.2, -0.15) is 0 Å². The molecule has 0 aliphatic rings. The zero-order chi connectivity index (χ0) is 22.7. The molecule has 32 heavy (non-hydrogen) atoms. The van der Waals surface area contributed by atoms with Crippen molar-refractivity contribution in [1.82, 2.24) is 14.8 Å². The van der Waals surface area contributed by atoms with Crippen molar-refractivity contribution >= 4 is 55.2 Å². The normalized spacial score (nSPS) is 10.8. The molecule has 0 saturated heterocycles. The van der Waals surface area contributed by atoms with Crippen LogP contribution in [0.2, 0.25) is 0 Å². The number of benzene rings is 3. The average molecular weight is 574 g/mol. The number of anilines is 1. The van der Waals surface area contributed by atoms with Gasteiger partial charge in [0, 0.05) is 20.3 Å². The first-order chi connectivity index (χ1) is 15.4. The third-order valence-electron chi connectivity index (χ3n) is 4.62. The molecule has 9 heteroatoms. The molecule has 3 aromatic carbocycles. The maximum Gasteiger partial charge on any atom is 0.234 e. The zero-order valence-corrected chi connectivity index (χ0v) is 20.9. The number of carbonyl (C=O) groups excluding carboxylic acids is 1. The molecule has 0 bridgehead atoms. The minimum Gasteiger partial charge on any atom is -0.507 e. The van der Waals surface area contributed by atoms with Gasteiger partial charge in [-0.3, -0.25) is 9.36 Å². The number of nitrogens with zero attached hydrogens (tertiary/aromatic N) is 3. The number of para-hydroxylation sites is 1. The fraction of sp³-hybridized carbons (Fsp3) is 0.0870. The molecule has 0 atom stereocenters. The average Bonchev–Trinajstić information content (AvgIpc) is 3.21. The number of nitrogens with one attached hydrogen (secondary N) is 1. The van der Waals surface area contributed by atoms with Gasteiger partial charge in [-0.1, -0.05) is 61.8 Å². The van der Waals surface area contributed by atoms with Gasteiger partial charge in [0.1, 0.15) is 5.75 Å². The number of amides is 1. The van der Waals surface area contributed by atoms with Crippen LogP contribution in [0.1, 0.15) is 5.56 Å². The molecule has 0 aliphatic heterocycles. The van der Waals surface area contributed by atoms with Crippen molar-refractivity contribution < 1.29 is 9.90 Å². The summed E-state index contributed by atoms with van der Waals surface area (Å²) in [5.41, 5.74) is 3.15. The van der Waals surface area contributed by atoms with E-state index >= 15 is 0 Å². The van der Waals surface area contributed by atoms with Crippen LogP contribution in [0.5, 0.6) is 5.75 Å². The summed E-state index contributed by atoms with van der Waals surface area (Å²) in [5.74, 6) is 0.593. The number of thioether (sulfide) groups is 1. The minimum absolute atomic E-state index is 0.0951. The predicted molar refractivity (Wildman–Crippen MR) is 134 cm³/mol. The molecule has 0 saturated carbocycles. The van der Waals surface area contributed by atoms with Crippen molar-refractivity contribution in [3.8, 4) is 22.8 Å². The van der Waals surface area contributed by atoms with Crippen LogP contribution in [-0.4, -0.2) is 31.5 Å². The molecule has 0 unspecified atom stereocenters. The van der Waals surface area contributed by atoms with Gasteiger partial charge in [0.25, 0.3) is 0 Å². The van der Waals surface area contributed by atoms with Gasteiger partial charge in [-0.25, -0.2) is 0 Å². The van der Waals surface area contributed by atoms with E-state index in [1.165, 1.54) is 11.8 Å². The number of rotatable bonds is 6. The second kappa shape index (κ2) is 9.89. The number of phenols is 1. The predicted octanol–water partition coefficient (Wildman–Crippen LogP) is 6.20. The lowest BCUT2D eigenvalue weighted by Crippen LogP contribution is -2.14. The summed E-state index contributed by atoms with van der Waals surface area (Å²) in [4.78, 5) is 12.6. The van der Waals surface area contributed by atoms with E-state index in [2.05, 4.69) is 47.4 Å². The molecule has 0 fully saturated rings. The Morgan fingerprint density at radius 1 is 1.06 bits per heavy atom. The van der Waals surface area contributed by atoms with Crippen LogP contribution in [0.25, 0.3) is 17.1 Å². The number of hydrogen-bond acceptors (Lipinski definition) is 5. The second-order valence-electron chi connectivity index (χ2n) is 6.94. The highest BCUT2D eigenvalue weighted by atomic mass is 79.9. The molecule has 162 valence electrons. The Morgan fingerprint density at radius 3 is 2.59 bits per heavy atom. The molecule has 0 radical (unpaired) electrons. The monoisotopic (exact) mass is 572 g/mol. The summed E-state index contributed by atoms with van der Waals surface area (Å²) in [6.45, 7) is 1.97. The summed E-state index contributed by atoms with van der Waals surface area (Å²) in [5, 5.41) is 22.5. The highest BCUT2D eigenvalue weighted by Crippen LogP contribution is 2.34. The van der Waals surface area contributed by atoms with Crippen LogP contribution < -0.4 is 5.32 Å². The molecule has 1 aromatic heterocycles. The smallest absolute Gasteiger partial charge is 0.234 e. The first kappa shape index (κ1) is 22.6. The Morgan fingerprint density at radius 2 is 1.84 bits per heavy atom. The molecule has 4 aromatic rings. The lowest BCUT2D eigenvalue weighted by molar-refractivity contribution is -0.113. The van der Waals surface area contributed by atoms with Crippen molar-refractivity contribution in [1.29, 1.82) is 0 Å². The van der Waals surface area contributed by atoms with E-state index in [0.29, 0.717) is 16.5 Å². The SMILES string of the molecule is Cc1cc(NC(=O)CSc2nnc(-c3cc(Br)ccc3O)n2-c2ccccc2)ccc1Br. The Labute approximate surface area is 206 Å². The van der Waals surface area contributed by atoms with Crippen LogP contribution in [0.3, 0.4) is 0 Å². The Balaban J connectivity index is 1.61. The first-order valence-corrected chi connectivity index (χ1v) is 12.2. The number of phenolic OH excluding ortho intramolecular Hbond substituents is 1. The molecule has 0 spiro atoms. The number of aromatic nitrogens is 3. The number of hydrogen-bond donors (Lipinski definition) is 2. The molecule has 0 aliphatic carbocycles. The number of halogens is 2. The topological polar surface area (TPSA) is 80.0 Å². The maximum absolute atomic E-state index is 12.6. The van der Waals surface area contributed by atoms with E-state index in [1.807, 2.05) is 60.0 Å². The van der Waals surface area contributed by atoms with Gasteiger partial charge in [-0.15, -0.1) is 10.2 Å². The molecular weight excluding hydrogens is 556 g/mol. The second-order valence-corrected chi connectivity index (χ2v) is 9.65. The summed E-state index contributed by atoms with van der Waals surface area (Å²) in [7, 11) is 0. The van der Waals surface area contributed by atoms with E-state index in [9.17, 15) is 9.90 Å². The largest absolute Gasteiger partial charge is 0.507 e. The van der Waals surface area contributed by atoms with Crippen LogP contribution in [0, 0.1) is 6.92 Å². The van der Waals surface area contributed by atoms with Gasteiger partial charge >= 0.3 is 0 Å². The zero-order valence-electron chi connectivity index (χ0n) is 16.9. The van der Waals surface area contributed by atoms with Crippen LogP contribution >= 0.6 is 43.6 Å². The van der Waals surface area contributed by atoms with Crippen molar-refractivity contribution in [2.45, 2.75) is 12.1 Å². The van der Waals surface area contributed by atoms with Gasteiger partial charge in [0.2, 0.25) is 5.91 Å². The quantitative estimate of drug-likeness (QED) is 0.268. The standard InChI is InChI=1S/C23H18Br2N4O2S/c1-14-11-16(8-9-19(14)25)26-21(31)13-32-23-28-27-22(18-12-15(24)7-10-20(18)30)29(23)17-5-3-2-4-6-17/h2-12,30H,13H2,1H3,(H,26,31). The highest BCUT2D eigenvalue weighted by Gasteiger charge is 2.19. The Hall–Kier alpha value is -2.62. The summed E-state index contributed by atoms with van der Waals surface area (Å²) < 4.78 is 3.64. The lowest BCUT2D eigenvalue weighted by atomic mass is 10.2. The van der Waals surface area contributed by atoms with E-state index in [-0.39, 0.29) is 17.4 Å². The fourth-order valence-corrected chi connectivity index (χ4v) is 4.44. The van der Waals surface area contributed by atoms with Crippen molar-refractivity contribution in [2.24, 2.45) is 0 Å². The highest BCUT2D eigenvalue weighted by molar-refractivity contribution is 9.10. The van der Waals surface area contributed by atoms with Crippen LogP contribution in [-0.2, 0) is 4.79 Å². The molecule has 6 nitrogen and oxygen atoms in total. The summed E-state index contributed by atoms with van der Waals surface area (Å²) in [6, 6.07) is 20.4. The maximum atomic E-state index is 12.6. The van der Waals surface area contributed by atoms with Crippen molar-refractivity contribution in [2.75, 3.05) is 11.1 Å². The lowest BCUT2D eigenvalue weighted by Gasteiger charge is -2.11. The first-order valence-electron chi connectivity index (χ1n) is 9.61. The van der Waals surface area contributed by atoms with Gasteiger partial charge in [0.15, 0.2) is 11.0 Å². The molecule has 1 amide bonds. The third kappa shape index (κ3) is 5.06. The van der Waals surface area contributed by atoms with E-state index in [4.69, 9.17) is 0 Å². The molecule has 1 heterocycles. The van der Waals surface area contributed by atoms with E-state index < -0.39 is 0 Å². The molecule has 4 rings (SSSR count). The number of aryl methyl sites for hydroxylation is 1. The molecular formula is C23H18Br2N4O2S. The molecule has 2 N–H and O–H groups in total. The van der Waals surface area contributed by atoms with Gasteiger partial charge in [-0.05, 0) is 61.0 Å². The Bertz CT molecular complexity index is 1280. The van der Waals surface area contributed by atoms with Gasteiger partial charge in [0.05, 0.1) is 11.3 Å². The Kier molecular flexibility index (Phi) is 6.98. The third-order valence-corrected chi connectivity index (χ3v) is 6.93. The van der Waals surface area contributed by atoms with Crippen molar-refractivity contribution in [3.63, 3.8) is 0 Å². The number of carbonyl (C=O) groups is 1. The summed E-state index contributed by atoms with van der Waals surface area (Å²) >= 11 is 8.18. The minimum atomic E-state index is -0.147. The summed E-state index contributed by atoms with van der Waals surface area (Å²) in [6.07, 6.45) is 0. The van der Waals surface area contributed by atoms with Crippen LogP contribution in [0.4, 0.5) is 5.69 Å². The van der Waals surface area contributed by atoms with Crippen molar-refractivity contribution in [3.05, 3.63) is 81.2 Å². The number of aromatic hydroxyl groups is 1. The van der Waals surface area contributed by atoms with Gasteiger partial charge < -0.3 is 10.4 Å². The van der Waals surface area contributed by atoms with Crippen LogP contribution in [0.15, 0.2) is 80.8 Å². The fourth-order valence-electron chi connectivity index (χ4n) is 3.08. The van der Waals surface area contributed by atoms with E-state index in [1.54, 1.807) is 18.2 Å².